The van der Waals surface area contributed by atoms with Crippen molar-refractivity contribution < 1.29 is 5.11 Å². The number of phenols is 1. The number of anilines is 1. The number of phenolic OH excluding ortho intramolecular Hbond substituents is 1. The van der Waals surface area contributed by atoms with Crippen molar-refractivity contribution >= 4 is 28.9 Å². The van der Waals surface area contributed by atoms with Crippen LogP contribution in [-0.2, 0) is 0 Å². The number of aromatic hydroxyl groups is 1. The van der Waals surface area contributed by atoms with E-state index in [-0.39, 0.29) is 11.8 Å². The van der Waals surface area contributed by atoms with Crippen LogP contribution in [0.4, 0.5) is 5.69 Å². The van der Waals surface area contributed by atoms with Crippen LogP contribution in [0.2, 0.25) is 10.0 Å². The van der Waals surface area contributed by atoms with Crippen molar-refractivity contribution in [1.82, 2.24) is 5.32 Å². The summed E-state index contributed by atoms with van der Waals surface area (Å²) in [4.78, 5) is 0. The molecule has 0 amide bonds. The molecule has 0 bridgehead atoms. The van der Waals surface area contributed by atoms with Gasteiger partial charge in [-0.15, -0.1) is 0 Å². The van der Waals surface area contributed by atoms with Crippen LogP contribution in [0.5, 0.6) is 5.75 Å². The second-order valence-corrected chi connectivity index (χ2v) is 7.12. The Hall–Kier alpha value is -2.20. The highest BCUT2D eigenvalue weighted by molar-refractivity contribution is 6.43. The first kappa shape index (κ1) is 19.6. The lowest BCUT2D eigenvalue weighted by Gasteiger charge is -2.23. The van der Waals surface area contributed by atoms with E-state index in [1.807, 2.05) is 42.5 Å². The Labute approximate surface area is 170 Å². The highest BCUT2D eigenvalue weighted by atomic mass is 35.5. The molecule has 1 atom stereocenters. The van der Waals surface area contributed by atoms with Gasteiger partial charge in [0.1, 0.15) is 5.75 Å². The summed E-state index contributed by atoms with van der Waals surface area (Å²) >= 11 is 12.3. The van der Waals surface area contributed by atoms with Crippen molar-refractivity contribution in [2.45, 2.75) is 13.0 Å². The highest BCUT2D eigenvalue weighted by Crippen LogP contribution is 2.31. The van der Waals surface area contributed by atoms with E-state index >= 15 is 0 Å². The van der Waals surface area contributed by atoms with Crippen LogP contribution >= 0.6 is 23.2 Å². The van der Waals surface area contributed by atoms with E-state index in [2.05, 4.69) is 29.7 Å². The number of nitrogens with one attached hydrogen (secondary N) is 2. The summed E-state index contributed by atoms with van der Waals surface area (Å²) in [5, 5.41) is 18.2. The molecule has 3 N–H and O–H groups in total. The Morgan fingerprint density at radius 1 is 0.852 bits per heavy atom. The number of halogens is 2. The molecule has 5 heteroatoms. The lowest BCUT2D eigenvalue weighted by molar-refractivity contribution is 0.458. The third-order valence-corrected chi connectivity index (χ3v) is 5.31. The average Bonchev–Trinajstić information content (AvgIpc) is 2.67. The molecule has 0 radical (unpaired) electrons. The van der Waals surface area contributed by atoms with Crippen LogP contribution in [0.1, 0.15) is 22.7 Å². The predicted octanol–water partition coefficient (Wildman–Crippen LogP) is 5.80. The van der Waals surface area contributed by atoms with Crippen molar-refractivity contribution in [2.24, 2.45) is 0 Å². The van der Waals surface area contributed by atoms with E-state index in [1.165, 1.54) is 5.56 Å². The second kappa shape index (κ2) is 9.14. The van der Waals surface area contributed by atoms with E-state index in [0.717, 1.165) is 16.8 Å². The molecule has 27 heavy (non-hydrogen) atoms. The van der Waals surface area contributed by atoms with Crippen LogP contribution in [0.25, 0.3) is 0 Å². The number of para-hydroxylation sites is 1. The molecule has 0 fully saturated rings. The molecule has 0 aliphatic rings. The maximum absolute atomic E-state index is 10.3. The summed E-state index contributed by atoms with van der Waals surface area (Å²) in [5.41, 5.74) is 3.97. The topological polar surface area (TPSA) is 44.3 Å². The first-order valence-corrected chi connectivity index (χ1v) is 9.58. The Morgan fingerprint density at radius 3 is 2.30 bits per heavy atom. The van der Waals surface area contributed by atoms with Gasteiger partial charge < -0.3 is 15.7 Å². The Balaban J connectivity index is 1.74. The summed E-state index contributed by atoms with van der Waals surface area (Å²) in [6.07, 6.45) is 0. The fourth-order valence-electron chi connectivity index (χ4n) is 3.08. The van der Waals surface area contributed by atoms with E-state index < -0.39 is 0 Å². The minimum atomic E-state index is -0.107. The number of hydrogen-bond donors (Lipinski definition) is 3. The molecule has 0 saturated heterocycles. The van der Waals surface area contributed by atoms with Gasteiger partial charge in [0, 0.05) is 18.7 Å². The lowest BCUT2D eigenvalue weighted by atomic mass is 9.94. The van der Waals surface area contributed by atoms with Crippen molar-refractivity contribution in [3.05, 3.63) is 93.5 Å². The summed E-state index contributed by atoms with van der Waals surface area (Å²) in [5.74, 6) is 0.282. The van der Waals surface area contributed by atoms with Crippen LogP contribution in [0.3, 0.4) is 0 Å². The smallest absolute Gasteiger partial charge is 0.120 e. The molecule has 0 spiro atoms. The first-order valence-electron chi connectivity index (χ1n) is 8.82. The Morgan fingerprint density at radius 2 is 1.56 bits per heavy atom. The number of aryl methyl sites for hydroxylation is 1. The van der Waals surface area contributed by atoms with Gasteiger partial charge in [-0.05, 0) is 36.2 Å². The van der Waals surface area contributed by atoms with Gasteiger partial charge in [0.05, 0.1) is 21.8 Å². The maximum atomic E-state index is 10.3. The Kier molecular flexibility index (Phi) is 6.62. The third kappa shape index (κ3) is 4.75. The van der Waals surface area contributed by atoms with Crippen molar-refractivity contribution in [1.29, 1.82) is 0 Å². The number of rotatable bonds is 7. The largest absolute Gasteiger partial charge is 0.508 e. The molecule has 0 aliphatic carbocycles. The molecule has 0 heterocycles. The molecule has 3 nitrogen and oxygen atoms in total. The number of hydrogen-bond acceptors (Lipinski definition) is 3. The predicted molar refractivity (Wildman–Crippen MR) is 114 cm³/mol. The summed E-state index contributed by atoms with van der Waals surface area (Å²) in [6, 6.07) is 21.0. The van der Waals surface area contributed by atoms with E-state index in [1.54, 1.807) is 12.1 Å². The highest BCUT2D eigenvalue weighted by Gasteiger charge is 2.18. The van der Waals surface area contributed by atoms with Crippen molar-refractivity contribution in [3.63, 3.8) is 0 Å². The van der Waals surface area contributed by atoms with Gasteiger partial charge in [-0.25, -0.2) is 0 Å². The van der Waals surface area contributed by atoms with E-state index in [4.69, 9.17) is 23.2 Å². The van der Waals surface area contributed by atoms with Gasteiger partial charge in [-0.2, -0.15) is 0 Å². The van der Waals surface area contributed by atoms with Crippen LogP contribution in [0, 0.1) is 6.92 Å². The molecule has 0 saturated carbocycles. The molecular weight excluding hydrogens is 379 g/mol. The van der Waals surface area contributed by atoms with Gasteiger partial charge in [0.2, 0.25) is 0 Å². The maximum Gasteiger partial charge on any atom is 0.120 e. The van der Waals surface area contributed by atoms with Gasteiger partial charge in [0.25, 0.3) is 0 Å². The first-order chi connectivity index (χ1) is 13.1. The average molecular weight is 401 g/mol. The molecule has 0 aliphatic heterocycles. The van der Waals surface area contributed by atoms with Crippen LogP contribution < -0.4 is 10.6 Å². The molecule has 140 valence electrons. The normalized spacial score (nSPS) is 12.0. The molecule has 1 unspecified atom stereocenters. The lowest BCUT2D eigenvalue weighted by Crippen LogP contribution is -2.28. The standard InChI is InChI=1S/C22H22Cl2N2O/c1-15-7-2-3-8-16(15)22(17-9-4-5-12-20(17)27)26-14-13-25-19-11-6-10-18(23)21(19)24/h2-12,22,25-27H,13-14H2,1H3. The van der Waals surface area contributed by atoms with E-state index in [9.17, 15) is 5.11 Å². The minimum Gasteiger partial charge on any atom is -0.508 e. The van der Waals surface area contributed by atoms with Gasteiger partial charge in [-0.1, -0.05) is 71.7 Å². The third-order valence-electron chi connectivity index (χ3n) is 4.49. The monoisotopic (exact) mass is 400 g/mol. The van der Waals surface area contributed by atoms with Crippen molar-refractivity contribution in [3.8, 4) is 5.75 Å². The van der Waals surface area contributed by atoms with E-state index in [0.29, 0.717) is 23.1 Å². The SMILES string of the molecule is Cc1ccccc1C(NCCNc1cccc(Cl)c1Cl)c1ccccc1O. The minimum absolute atomic E-state index is 0.107. The second-order valence-electron chi connectivity index (χ2n) is 6.33. The fraction of sp³-hybridized carbons (Fsp3) is 0.182. The molecule has 3 rings (SSSR count). The van der Waals surface area contributed by atoms with Crippen LogP contribution in [0.15, 0.2) is 66.7 Å². The summed E-state index contributed by atoms with van der Waals surface area (Å²) < 4.78 is 0. The van der Waals surface area contributed by atoms with Crippen molar-refractivity contribution in [2.75, 3.05) is 18.4 Å². The zero-order valence-corrected chi connectivity index (χ0v) is 16.6. The van der Waals surface area contributed by atoms with Gasteiger partial charge in [0.15, 0.2) is 0 Å². The molecule has 3 aromatic carbocycles. The molecule has 0 aromatic heterocycles. The summed E-state index contributed by atoms with van der Waals surface area (Å²) in [7, 11) is 0. The number of benzene rings is 3. The summed E-state index contributed by atoms with van der Waals surface area (Å²) in [6.45, 7) is 3.42. The zero-order chi connectivity index (χ0) is 19.2. The quantitative estimate of drug-likeness (QED) is 0.439. The molecule has 3 aromatic rings. The van der Waals surface area contributed by atoms with Gasteiger partial charge >= 0.3 is 0 Å². The van der Waals surface area contributed by atoms with Gasteiger partial charge in [-0.3, -0.25) is 0 Å². The Bertz CT molecular complexity index is 869. The molecular formula is C22H22Cl2N2O. The fourth-order valence-corrected chi connectivity index (χ4v) is 3.45. The van der Waals surface area contributed by atoms with Crippen LogP contribution in [-0.4, -0.2) is 18.2 Å². The zero-order valence-electron chi connectivity index (χ0n) is 15.0.